The first-order chi connectivity index (χ1) is 4.43. The van der Waals surface area contributed by atoms with E-state index in [1.54, 1.807) is 0 Å². The Bertz CT molecular complexity index is 180. The lowest BCUT2D eigenvalue weighted by Gasteiger charge is -1.98. The number of aliphatic imine (C=N–C) groups is 1. The van der Waals surface area contributed by atoms with Gasteiger partial charge in [0.1, 0.15) is 6.26 Å². The Hall–Kier alpha value is -1.48. The second-order valence-electron chi connectivity index (χ2n) is 1.27. The zero-order valence-corrected chi connectivity index (χ0v) is 4.39. The topological polar surface area (TPSA) is 63.4 Å². The van der Waals surface area contributed by atoms with E-state index in [0.29, 0.717) is 0 Å². The summed E-state index contributed by atoms with van der Waals surface area (Å²) in [6.45, 7) is 0. The maximum Gasteiger partial charge on any atom is 0.237 e. The first kappa shape index (κ1) is 5.65. The number of rotatable bonds is 1. The van der Waals surface area contributed by atoms with E-state index in [-0.39, 0.29) is 0 Å². The molecule has 1 heterocycles. The predicted molar refractivity (Wildman–Crippen MR) is 27.0 cm³/mol. The highest BCUT2D eigenvalue weighted by Crippen LogP contribution is 2.01. The fraction of sp³-hybridized carbons (Fsp3) is 0.250. The Morgan fingerprint density at radius 3 is 3.22 bits per heavy atom. The highest BCUT2D eigenvalue weighted by Gasteiger charge is 2.00. The summed E-state index contributed by atoms with van der Waals surface area (Å²) in [5.41, 5.74) is 0. The standard InChI is InChI=1S/C4H3N3O2/c8-3-5-4-1-2-9-7-6-4/h1-2,4H. The molecule has 9 heavy (non-hydrogen) atoms. The van der Waals surface area contributed by atoms with Crippen LogP contribution in [0, 0.1) is 0 Å². The average molecular weight is 125 g/mol. The number of nitrogens with zero attached hydrogens (tertiary/aromatic N) is 3. The van der Waals surface area contributed by atoms with E-state index in [1.165, 1.54) is 18.4 Å². The molecule has 0 saturated heterocycles. The van der Waals surface area contributed by atoms with E-state index in [2.05, 4.69) is 20.2 Å². The fourth-order valence-corrected chi connectivity index (χ4v) is 0.369. The van der Waals surface area contributed by atoms with Crippen LogP contribution in [-0.2, 0) is 9.63 Å². The van der Waals surface area contributed by atoms with Gasteiger partial charge in [-0.25, -0.2) is 4.79 Å². The summed E-state index contributed by atoms with van der Waals surface area (Å²) in [7, 11) is 0. The molecule has 0 saturated carbocycles. The lowest BCUT2D eigenvalue weighted by Crippen LogP contribution is -1.96. The largest absolute Gasteiger partial charge is 0.348 e. The first-order valence-corrected chi connectivity index (χ1v) is 2.23. The Balaban J connectivity index is 2.59. The number of hydrogen-bond acceptors (Lipinski definition) is 5. The maximum atomic E-state index is 9.61. The molecule has 0 aromatic heterocycles. The van der Waals surface area contributed by atoms with Gasteiger partial charge in [0.05, 0.1) is 0 Å². The molecule has 0 spiro atoms. The van der Waals surface area contributed by atoms with Crippen LogP contribution in [0.4, 0.5) is 0 Å². The van der Waals surface area contributed by atoms with Crippen molar-refractivity contribution in [1.29, 1.82) is 0 Å². The molecule has 1 rings (SSSR count). The Morgan fingerprint density at radius 2 is 2.67 bits per heavy atom. The number of carbonyl (C=O) groups excluding carboxylic acids is 1. The molecule has 1 aliphatic heterocycles. The van der Waals surface area contributed by atoms with E-state index in [4.69, 9.17) is 0 Å². The van der Waals surface area contributed by atoms with Crippen LogP contribution < -0.4 is 0 Å². The van der Waals surface area contributed by atoms with E-state index in [9.17, 15) is 4.79 Å². The smallest absolute Gasteiger partial charge is 0.237 e. The molecule has 1 aliphatic rings. The lowest BCUT2D eigenvalue weighted by atomic mass is 10.5. The monoisotopic (exact) mass is 125 g/mol. The van der Waals surface area contributed by atoms with Crippen molar-refractivity contribution in [2.24, 2.45) is 15.4 Å². The van der Waals surface area contributed by atoms with Gasteiger partial charge in [-0.3, -0.25) is 0 Å². The summed E-state index contributed by atoms with van der Waals surface area (Å²) in [5, 5.41) is 6.55. The quantitative estimate of drug-likeness (QED) is 0.379. The van der Waals surface area contributed by atoms with Crippen molar-refractivity contribution in [3.63, 3.8) is 0 Å². The van der Waals surface area contributed by atoms with Gasteiger partial charge in [0.15, 0.2) is 6.17 Å². The van der Waals surface area contributed by atoms with Crippen LogP contribution in [0.3, 0.4) is 0 Å². The molecule has 5 heteroatoms. The Morgan fingerprint density at radius 1 is 1.78 bits per heavy atom. The van der Waals surface area contributed by atoms with Gasteiger partial charge in [-0.1, -0.05) is 0 Å². The Kier molecular flexibility index (Phi) is 1.72. The van der Waals surface area contributed by atoms with Crippen molar-refractivity contribution >= 4 is 6.08 Å². The van der Waals surface area contributed by atoms with Crippen molar-refractivity contribution in [2.45, 2.75) is 6.17 Å². The zero-order chi connectivity index (χ0) is 6.53. The van der Waals surface area contributed by atoms with Crippen LogP contribution in [0.25, 0.3) is 0 Å². The lowest BCUT2D eigenvalue weighted by molar-refractivity contribution is 0.219. The van der Waals surface area contributed by atoms with Gasteiger partial charge in [-0.15, -0.1) is 5.11 Å². The fourth-order valence-electron chi connectivity index (χ4n) is 0.369. The van der Waals surface area contributed by atoms with Gasteiger partial charge >= 0.3 is 0 Å². The predicted octanol–water partition coefficient (Wildman–Crippen LogP) is 0.559. The minimum absolute atomic E-state index is 0.545. The van der Waals surface area contributed by atoms with Crippen molar-refractivity contribution < 1.29 is 9.63 Å². The molecule has 0 N–H and O–H groups in total. The molecule has 46 valence electrons. The molecular formula is C4H3N3O2. The van der Waals surface area contributed by atoms with E-state index < -0.39 is 6.17 Å². The molecule has 0 aromatic rings. The highest BCUT2D eigenvalue weighted by atomic mass is 16.6. The molecule has 1 unspecified atom stereocenters. The molecule has 0 bridgehead atoms. The number of hydrogen-bond donors (Lipinski definition) is 0. The van der Waals surface area contributed by atoms with Crippen molar-refractivity contribution in [1.82, 2.24) is 0 Å². The van der Waals surface area contributed by atoms with Crippen LogP contribution in [0.1, 0.15) is 0 Å². The molecule has 0 amide bonds. The minimum Gasteiger partial charge on any atom is -0.348 e. The summed E-state index contributed by atoms with van der Waals surface area (Å²) in [6, 6.07) is 0. The average Bonchev–Trinajstić information content (AvgIpc) is 1.91. The van der Waals surface area contributed by atoms with Gasteiger partial charge in [0, 0.05) is 11.4 Å². The summed E-state index contributed by atoms with van der Waals surface area (Å²) in [6.07, 6.45) is 3.59. The van der Waals surface area contributed by atoms with Gasteiger partial charge < -0.3 is 4.84 Å². The van der Waals surface area contributed by atoms with Gasteiger partial charge in [-0.05, 0) is 0 Å². The maximum absolute atomic E-state index is 9.61. The van der Waals surface area contributed by atoms with Crippen LogP contribution in [-0.4, -0.2) is 12.2 Å². The van der Waals surface area contributed by atoms with Crippen LogP contribution in [0.2, 0.25) is 0 Å². The first-order valence-electron chi connectivity index (χ1n) is 2.23. The van der Waals surface area contributed by atoms with Crippen LogP contribution in [0.5, 0.6) is 0 Å². The summed E-state index contributed by atoms with van der Waals surface area (Å²) < 4.78 is 0. The Labute approximate surface area is 50.7 Å². The van der Waals surface area contributed by atoms with Gasteiger partial charge in [0.2, 0.25) is 6.08 Å². The third-order valence-corrected chi connectivity index (χ3v) is 0.709. The van der Waals surface area contributed by atoms with Crippen LogP contribution in [0.15, 0.2) is 27.7 Å². The third kappa shape index (κ3) is 1.47. The molecular weight excluding hydrogens is 122 g/mol. The molecule has 0 fully saturated rings. The van der Waals surface area contributed by atoms with E-state index in [1.807, 2.05) is 0 Å². The van der Waals surface area contributed by atoms with Gasteiger partial charge in [-0.2, -0.15) is 4.99 Å². The molecule has 5 nitrogen and oxygen atoms in total. The third-order valence-electron chi connectivity index (χ3n) is 0.709. The molecule has 0 aliphatic carbocycles. The second kappa shape index (κ2) is 2.74. The molecule has 0 radical (unpaired) electrons. The zero-order valence-electron chi connectivity index (χ0n) is 4.39. The van der Waals surface area contributed by atoms with Crippen molar-refractivity contribution in [2.75, 3.05) is 0 Å². The highest BCUT2D eigenvalue weighted by molar-refractivity contribution is 5.34. The van der Waals surface area contributed by atoms with E-state index >= 15 is 0 Å². The summed E-state index contributed by atoms with van der Waals surface area (Å²) >= 11 is 0. The normalized spacial score (nSPS) is 22.4. The molecule has 0 aromatic carbocycles. The summed E-state index contributed by atoms with van der Waals surface area (Å²) in [5.74, 6) is 0. The second-order valence-corrected chi connectivity index (χ2v) is 1.27. The van der Waals surface area contributed by atoms with E-state index in [0.717, 1.165) is 0 Å². The SMILES string of the molecule is O=C=NC1C=CON=N1. The van der Waals surface area contributed by atoms with Gasteiger partial charge in [0.25, 0.3) is 0 Å². The summed E-state index contributed by atoms with van der Waals surface area (Å²) in [4.78, 5) is 17.2. The van der Waals surface area contributed by atoms with Crippen molar-refractivity contribution in [3.05, 3.63) is 12.3 Å². The minimum atomic E-state index is -0.545. The van der Waals surface area contributed by atoms with Crippen molar-refractivity contribution in [3.8, 4) is 0 Å². The van der Waals surface area contributed by atoms with Crippen LogP contribution >= 0.6 is 0 Å². The number of isocyanates is 1. The molecule has 1 atom stereocenters.